The van der Waals surface area contributed by atoms with Crippen molar-refractivity contribution in [2.45, 2.75) is 26.2 Å². The summed E-state index contributed by atoms with van der Waals surface area (Å²) in [7, 11) is 0. The molecule has 3 N–H and O–H groups in total. The molecule has 4 heteroatoms. The summed E-state index contributed by atoms with van der Waals surface area (Å²) in [6, 6.07) is 16.7. The van der Waals surface area contributed by atoms with Crippen molar-refractivity contribution < 1.29 is 4.79 Å². The Hall–Kier alpha value is -2.62. The zero-order chi connectivity index (χ0) is 15.8. The van der Waals surface area contributed by atoms with Crippen molar-refractivity contribution in [1.82, 2.24) is 5.43 Å². The van der Waals surface area contributed by atoms with Gasteiger partial charge in [-0.05, 0) is 42.7 Å². The van der Waals surface area contributed by atoms with E-state index in [9.17, 15) is 4.79 Å². The fourth-order valence-corrected chi connectivity index (χ4v) is 2.06. The van der Waals surface area contributed by atoms with E-state index in [1.54, 1.807) is 24.3 Å². The molecule has 1 amide bonds. The monoisotopic (exact) mass is 295 g/mol. The van der Waals surface area contributed by atoms with E-state index in [-0.39, 0.29) is 5.91 Å². The molecule has 0 bridgehead atoms. The number of hydrogen-bond donors (Lipinski definition) is 2. The van der Waals surface area contributed by atoms with Gasteiger partial charge in [-0.3, -0.25) is 4.79 Å². The van der Waals surface area contributed by atoms with E-state index in [1.807, 2.05) is 30.3 Å². The van der Waals surface area contributed by atoms with Gasteiger partial charge < -0.3 is 5.73 Å². The van der Waals surface area contributed by atoms with Crippen LogP contribution in [0.4, 0.5) is 5.69 Å². The van der Waals surface area contributed by atoms with Crippen molar-refractivity contribution in [1.29, 1.82) is 0 Å². The molecule has 4 nitrogen and oxygen atoms in total. The number of unbranched alkanes of at least 4 members (excludes halogenated alkanes) is 1. The zero-order valence-corrected chi connectivity index (χ0v) is 12.8. The number of nitrogens with zero attached hydrogens (tertiary/aromatic N) is 1. The first-order valence-corrected chi connectivity index (χ1v) is 7.48. The lowest BCUT2D eigenvalue weighted by Crippen LogP contribution is -2.20. The summed E-state index contributed by atoms with van der Waals surface area (Å²) in [4.78, 5) is 12.1. The van der Waals surface area contributed by atoms with E-state index in [4.69, 9.17) is 5.73 Å². The van der Waals surface area contributed by atoms with Crippen LogP contribution in [0.3, 0.4) is 0 Å². The molecule has 0 heterocycles. The van der Waals surface area contributed by atoms with Gasteiger partial charge in [0.25, 0.3) is 5.91 Å². The molecule has 0 saturated carbocycles. The van der Waals surface area contributed by atoms with Gasteiger partial charge in [-0.25, -0.2) is 5.43 Å². The summed E-state index contributed by atoms with van der Waals surface area (Å²) in [6.07, 6.45) is 2.95. The highest BCUT2D eigenvalue weighted by Gasteiger charge is 2.06. The van der Waals surface area contributed by atoms with Gasteiger partial charge in [-0.2, -0.15) is 5.10 Å². The first-order valence-electron chi connectivity index (χ1n) is 7.48. The van der Waals surface area contributed by atoms with Crippen LogP contribution < -0.4 is 11.2 Å². The van der Waals surface area contributed by atoms with Gasteiger partial charge in [-0.1, -0.05) is 43.7 Å². The lowest BCUT2D eigenvalue weighted by Gasteiger charge is -2.07. The molecule has 0 saturated heterocycles. The Kier molecular flexibility index (Phi) is 5.72. The molecule has 22 heavy (non-hydrogen) atoms. The molecule has 0 atom stereocenters. The molecule has 0 unspecified atom stereocenters. The first-order chi connectivity index (χ1) is 10.7. The largest absolute Gasteiger partial charge is 0.399 e. The standard InChI is InChI=1S/C18H21N3O/c1-2-3-9-17(14-7-5-4-6-8-14)20-21-18(22)15-10-12-16(19)13-11-15/h4-8,10-13H,2-3,9,19H2,1H3,(H,21,22)/b20-17+. The van der Waals surface area contributed by atoms with E-state index in [2.05, 4.69) is 17.5 Å². The first kappa shape index (κ1) is 15.8. The second-order valence-electron chi connectivity index (χ2n) is 5.09. The predicted molar refractivity (Wildman–Crippen MR) is 90.8 cm³/mol. The van der Waals surface area contributed by atoms with E-state index < -0.39 is 0 Å². The van der Waals surface area contributed by atoms with Gasteiger partial charge in [0, 0.05) is 11.3 Å². The number of benzene rings is 2. The molecule has 0 aromatic heterocycles. The molecule has 0 aliphatic carbocycles. The number of nitrogens with one attached hydrogen (secondary N) is 1. The molecule has 0 aliphatic rings. The number of nitrogen functional groups attached to an aromatic ring is 1. The second-order valence-corrected chi connectivity index (χ2v) is 5.09. The van der Waals surface area contributed by atoms with Crippen LogP contribution in [0.15, 0.2) is 59.7 Å². The molecule has 2 rings (SSSR count). The minimum atomic E-state index is -0.232. The fourth-order valence-electron chi connectivity index (χ4n) is 2.06. The fraction of sp³-hybridized carbons (Fsp3) is 0.222. The van der Waals surface area contributed by atoms with Crippen LogP contribution in [0.1, 0.15) is 42.1 Å². The lowest BCUT2D eigenvalue weighted by atomic mass is 10.1. The Morgan fingerprint density at radius 2 is 1.73 bits per heavy atom. The Bertz CT molecular complexity index is 633. The van der Waals surface area contributed by atoms with Gasteiger partial charge in [0.2, 0.25) is 0 Å². The number of anilines is 1. The third kappa shape index (κ3) is 4.45. The average Bonchev–Trinajstić information content (AvgIpc) is 2.56. The molecule has 0 aliphatic heterocycles. The SMILES string of the molecule is CCCC/C(=N\NC(=O)c1ccc(N)cc1)c1ccccc1. The third-order valence-electron chi connectivity index (χ3n) is 3.34. The topological polar surface area (TPSA) is 67.5 Å². The van der Waals surface area contributed by atoms with Crippen LogP contribution in [0.25, 0.3) is 0 Å². The number of carbonyl (C=O) groups is 1. The number of nitrogens with two attached hydrogens (primary N) is 1. The van der Waals surface area contributed by atoms with Gasteiger partial charge in [0.15, 0.2) is 0 Å². The summed E-state index contributed by atoms with van der Waals surface area (Å²) in [6.45, 7) is 2.13. The van der Waals surface area contributed by atoms with E-state index >= 15 is 0 Å². The molecular weight excluding hydrogens is 274 g/mol. The van der Waals surface area contributed by atoms with Crippen molar-refractivity contribution in [2.75, 3.05) is 5.73 Å². The molecular formula is C18H21N3O. The maximum Gasteiger partial charge on any atom is 0.271 e. The van der Waals surface area contributed by atoms with Gasteiger partial charge in [-0.15, -0.1) is 0 Å². The van der Waals surface area contributed by atoms with Crippen LogP contribution in [-0.4, -0.2) is 11.6 Å². The molecule has 0 spiro atoms. The quantitative estimate of drug-likeness (QED) is 0.486. The Labute approximate surface area is 131 Å². The van der Waals surface area contributed by atoms with Crippen LogP contribution >= 0.6 is 0 Å². The second kappa shape index (κ2) is 7.98. The molecule has 0 fully saturated rings. The lowest BCUT2D eigenvalue weighted by molar-refractivity contribution is 0.0955. The maximum absolute atomic E-state index is 12.1. The van der Waals surface area contributed by atoms with E-state index in [1.165, 1.54) is 0 Å². The molecule has 2 aromatic rings. The zero-order valence-electron chi connectivity index (χ0n) is 12.8. The highest BCUT2D eigenvalue weighted by Crippen LogP contribution is 2.09. The van der Waals surface area contributed by atoms with Crippen molar-refractivity contribution in [3.05, 3.63) is 65.7 Å². The van der Waals surface area contributed by atoms with Crippen molar-refractivity contribution in [3.63, 3.8) is 0 Å². The number of hydrogen-bond acceptors (Lipinski definition) is 3. The van der Waals surface area contributed by atoms with Crippen molar-refractivity contribution >= 4 is 17.3 Å². The van der Waals surface area contributed by atoms with Gasteiger partial charge >= 0.3 is 0 Å². The number of carbonyl (C=O) groups excluding carboxylic acids is 1. The predicted octanol–water partition coefficient (Wildman–Crippen LogP) is 3.59. The van der Waals surface area contributed by atoms with E-state index in [0.717, 1.165) is 30.5 Å². The summed E-state index contributed by atoms with van der Waals surface area (Å²) in [5.74, 6) is -0.232. The summed E-state index contributed by atoms with van der Waals surface area (Å²) >= 11 is 0. The minimum Gasteiger partial charge on any atom is -0.399 e. The molecule has 114 valence electrons. The summed E-state index contributed by atoms with van der Waals surface area (Å²) in [5, 5.41) is 4.32. The van der Waals surface area contributed by atoms with Crippen molar-refractivity contribution in [2.24, 2.45) is 5.10 Å². The average molecular weight is 295 g/mol. The van der Waals surface area contributed by atoms with Gasteiger partial charge in [0.1, 0.15) is 0 Å². The number of rotatable bonds is 6. The maximum atomic E-state index is 12.1. The summed E-state index contributed by atoms with van der Waals surface area (Å²) < 4.78 is 0. The van der Waals surface area contributed by atoms with Crippen molar-refractivity contribution in [3.8, 4) is 0 Å². The van der Waals surface area contributed by atoms with Crippen LogP contribution in [0.5, 0.6) is 0 Å². The normalized spacial score (nSPS) is 11.2. The van der Waals surface area contributed by atoms with Gasteiger partial charge in [0.05, 0.1) is 5.71 Å². The third-order valence-corrected chi connectivity index (χ3v) is 3.34. The van der Waals surface area contributed by atoms with Crippen LogP contribution in [0.2, 0.25) is 0 Å². The number of amides is 1. The minimum absolute atomic E-state index is 0.232. The summed E-state index contributed by atoms with van der Waals surface area (Å²) in [5.41, 5.74) is 11.4. The molecule has 2 aromatic carbocycles. The van der Waals surface area contributed by atoms with E-state index in [0.29, 0.717) is 11.3 Å². The smallest absolute Gasteiger partial charge is 0.271 e. The number of hydrazone groups is 1. The highest BCUT2D eigenvalue weighted by atomic mass is 16.2. The van der Waals surface area contributed by atoms with Crippen LogP contribution in [0, 0.1) is 0 Å². The molecule has 0 radical (unpaired) electrons. The van der Waals surface area contributed by atoms with Crippen LogP contribution in [-0.2, 0) is 0 Å². The Morgan fingerprint density at radius 3 is 2.36 bits per heavy atom. The Morgan fingerprint density at radius 1 is 1.05 bits per heavy atom. The Balaban J connectivity index is 2.12. The highest BCUT2D eigenvalue weighted by molar-refractivity contribution is 6.02.